The van der Waals surface area contributed by atoms with Gasteiger partial charge in [-0.15, -0.1) is 0 Å². The zero-order valence-corrected chi connectivity index (χ0v) is 13.2. The van der Waals surface area contributed by atoms with Crippen molar-refractivity contribution in [3.63, 3.8) is 0 Å². The molecule has 6 nitrogen and oxygen atoms in total. The molecule has 2 rings (SSSR count). The maximum Gasteiger partial charge on any atom is 0.418 e. The van der Waals surface area contributed by atoms with E-state index in [1.807, 2.05) is 6.07 Å². The first-order chi connectivity index (χ1) is 10.2. The topological polar surface area (TPSA) is 66.9 Å². The number of nitrogens with zero attached hydrogens (tertiary/aromatic N) is 2. The van der Waals surface area contributed by atoms with Crippen molar-refractivity contribution in [1.29, 1.82) is 0 Å². The molecule has 1 aliphatic rings. The Balaban J connectivity index is 2.17. The standard InChI is InChI=1S/C16H20N2O4/c1-11-17(14(20)12-8-6-5-7-9-12)10-13(19)18(11)15(21)22-16(2,3)4/h5-9,11H,10H2,1-4H3. The van der Waals surface area contributed by atoms with E-state index in [1.54, 1.807) is 52.0 Å². The van der Waals surface area contributed by atoms with Crippen LogP contribution in [0.15, 0.2) is 30.3 Å². The predicted octanol–water partition coefficient (Wildman–Crippen LogP) is 2.25. The van der Waals surface area contributed by atoms with Crippen LogP contribution >= 0.6 is 0 Å². The zero-order valence-electron chi connectivity index (χ0n) is 13.2. The molecule has 22 heavy (non-hydrogen) atoms. The number of rotatable bonds is 1. The Labute approximate surface area is 129 Å². The molecule has 0 spiro atoms. The van der Waals surface area contributed by atoms with Gasteiger partial charge in [-0.25, -0.2) is 9.69 Å². The average molecular weight is 304 g/mol. The smallest absolute Gasteiger partial charge is 0.418 e. The Kier molecular flexibility index (Phi) is 4.21. The summed E-state index contributed by atoms with van der Waals surface area (Å²) in [5.41, 5.74) is -0.221. The molecule has 1 atom stereocenters. The lowest BCUT2D eigenvalue weighted by Gasteiger charge is -2.28. The van der Waals surface area contributed by atoms with E-state index in [0.29, 0.717) is 5.56 Å². The van der Waals surface area contributed by atoms with Crippen LogP contribution in [-0.2, 0) is 9.53 Å². The maximum atomic E-state index is 12.5. The SMILES string of the molecule is CC1N(C(=O)c2ccccc2)CC(=O)N1C(=O)OC(C)(C)C. The zero-order chi connectivity index (χ0) is 16.5. The van der Waals surface area contributed by atoms with Gasteiger partial charge in [0.2, 0.25) is 0 Å². The molecule has 118 valence electrons. The number of benzene rings is 1. The summed E-state index contributed by atoms with van der Waals surface area (Å²) in [4.78, 5) is 39.0. The van der Waals surface area contributed by atoms with Crippen molar-refractivity contribution in [2.24, 2.45) is 0 Å². The summed E-state index contributed by atoms with van der Waals surface area (Å²) in [7, 11) is 0. The summed E-state index contributed by atoms with van der Waals surface area (Å²) in [6.07, 6.45) is -1.40. The molecule has 0 N–H and O–H groups in total. The van der Waals surface area contributed by atoms with Crippen molar-refractivity contribution in [1.82, 2.24) is 9.80 Å². The van der Waals surface area contributed by atoms with Gasteiger partial charge in [-0.3, -0.25) is 9.59 Å². The highest BCUT2D eigenvalue weighted by atomic mass is 16.6. The molecule has 0 saturated carbocycles. The van der Waals surface area contributed by atoms with Crippen molar-refractivity contribution in [3.05, 3.63) is 35.9 Å². The van der Waals surface area contributed by atoms with Crippen LogP contribution in [0, 0.1) is 0 Å². The third kappa shape index (κ3) is 3.27. The molecule has 1 aromatic carbocycles. The minimum absolute atomic E-state index is 0.131. The van der Waals surface area contributed by atoms with Crippen LogP contribution in [0.4, 0.5) is 4.79 Å². The molecule has 1 fully saturated rings. The Morgan fingerprint density at radius 1 is 1.18 bits per heavy atom. The molecule has 0 aromatic heterocycles. The van der Waals surface area contributed by atoms with Gasteiger partial charge >= 0.3 is 6.09 Å². The first-order valence-corrected chi connectivity index (χ1v) is 7.12. The number of imide groups is 1. The molecular formula is C16H20N2O4. The summed E-state index contributed by atoms with van der Waals surface area (Å²) in [5, 5.41) is 0. The van der Waals surface area contributed by atoms with E-state index in [-0.39, 0.29) is 12.5 Å². The van der Waals surface area contributed by atoms with Crippen LogP contribution in [0.5, 0.6) is 0 Å². The van der Waals surface area contributed by atoms with E-state index < -0.39 is 23.8 Å². The Bertz CT molecular complexity index is 592. The quantitative estimate of drug-likeness (QED) is 0.798. The fraction of sp³-hybridized carbons (Fsp3) is 0.438. The van der Waals surface area contributed by atoms with E-state index >= 15 is 0 Å². The summed E-state index contributed by atoms with van der Waals surface area (Å²) in [6, 6.07) is 8.66. The number of amides is 3. The van der Waals surface area contributed by atoms with Crippen molar-refractivity contribution in [2.75, 3.05) is 6.54 Å². The van der Waals surface area contributed by atoms with E-state index in [4.69, 9.17) is 4.74 Å². The number of hydrogen-bond donors (Lipinski definition) is 0. The van der Waals surface area contributed by atoms with Gasteiger partial charge in [0.1, 0.15) is 18.3 Å². The minimum Gasteiger partial charge on any atom is -0.443 e. The van der Waals surface area contributed by atoms with Crippen LogP contribution < -0.4 is 0 Å². The van der Waals surface area contributed by atoms with E-state index in [9.17, 15) is 14.4 Å². The lowest BCUT2D eigenvalue weighted by Crippen LogP contribution is -2.45. The number of hydrogen-bond acceptors (Lipinski definition) is 4. The molecule has 1 aliphatic heterocycles. The average Bonchev–Trinajstić information content (AvgIpc) is 2.72. The van der Waals surface area contributed by atoms with Gasteiger partial charge in [0.15, 0.2) is 0 Å². The van der Waals surface area contributed by atoms with E-state index in [0.717, 1.165) is 4.90 Å². The highest BCUT2D eigenvalue weighted by Crippen LogP contribution is 2.21. The minimum atomic E-state index is -0.728. The van der Waals surface area contributed by atoms with Crippen LogP contribution in [0.1, 0.15) is 38.1 Å². The van der Waals surface area contributed by atoms with Crippen LogP contribution in [0.2, 0.25) is 0 Å². The summed E-state index contributed by atoms with van der Waals surface area (Å²) in [6.45, 7) is 6.68. The van der Waals surface area contributed by atoms with Gasteiger partial charge in [0.05, 0.1) is 0 Å². The monoisotopic (exact) mass is 304 g/mol. The second-order valence-electron chi connectivity index (χ2n) is 6.18. The maximum absolute atomic E-state index is 12.5. The summed E-state index contributed by atoms with van der Waals surface area (Å²) < 4.78 is 5.22. The summed E-state index contributed by atoms with van der Waals surface area (Å²) >= 11 is 0. The highest BCUT2D eigenvalue weighted by Gasteiger charge is 2.43. The third-order valence-electron chi connectivity index (χ3n) is 3.27. The molecule has 0 bridgehead atoms. The predicted molar refractivity (Wildman–Crippen MR) is 80.0 cm³/mol. The van der Waals surface area contributed by atoms with Crippen LogP contribution in [-0.4, -0.2) is 46.0 Å². The van der Waals surface area contributed by atoms with Gasteiger partial charge in [-0.05, 0) is 39.8 Å². The highest BCUT2D eigenvalue weighted by molar-refractivity contribution is 6.02. The van der Waals surface area contributed by atoms with Crippen molar-refractivity contribution in [3.8, 4) is 0 Å². The Hall–Kier alpha value is -2.37. The Morgan fingerprint density at radius 2 is 1.77 bits per heavy atom. The van der Waals surface area contributed by atoms with Crippen molar-refractivity contribution < 1.29 is 19.1 Å². The van der Waals surface area contributed by atoms with Gasteiger partial charge < -0.3 is 9.64 Å². The second kappa shape index (κ2) is 5.79. The van der Waals surface area contributed by atoms with Gasteiger partial charge in [-0.1, -0.05) is 18.2 Å². The fourth-order valence-electron chi connectivity index (χ4n) is 2.26. The molecule has 1 aromatic rings. The fourth-order valence-corrected chi connectivity index (χ4v) is 2.26. The molecule has 3 amide bonds. The molecule has 1 heterocycles. The number of carbonyl (C=O) groups is 3. The second-order valence-corrected chi connectivity index (χ2v) is 6.18. The van der Waals surface area contributed by atoms with Crippen LogP contribution in [0.3, 0.4) is 0 Å². The first kappa shape index (κ1) is 16.0. The molecule has 0 aliphatic carbocycles. The van der Waals surface area contributed by atoms with E-state index in [1.165, 1.54) is 4.90 Å². The molecule has 1 unspecified atom stereocenters. The lowest BCUT2D eigenvalue weighted by atomic mass is 10.2. The molecule has 6 heteroatoms. The van der Waals surface area contributed by atoms with Crippen molar-refractivity contribution >= 4 is 17.9 Å². The van der Waals surface area contributed by atoms with Gasteiger partial charge in [-0.2, -0.15) is 0 Å². The number of carbonyl (C=O) groups excluding carboxylic acids is 3. The summed E-state index contributed by atoms with van der Waals surface area (Å²) in [5.74, 6) is -0.724. The molecule has 1 saturated heterocycles. The first-order valence-electron chi connectivity index (χ1n) is 7.12. The van der Waals surface area contributed by atoms with Crippen molar-refractivity contribution in [2.45, 2.75) is 39.5 Å². The van der Waals surface area contributed by atoms with Crippen LogP contribution in [0.25, 0.3) is 0 Å². The van der Waals surface area contributed by atoms with Gasteiger partial charge in [0.25, 0.3) is 11.8 Å². The molecule has 0 radical (unpaired) electrons. The lowest BCUT2D eigenvalue weighted by molar-refractivity contribution is -0.126. The largest absolute Gasteiger partial charge is 0.443 e. The van der Waals surface area contributed by atoms with Gasteiger partial charge in [0, 0.05) is 5.56 Å². The number of ether oxygens (including phenoxy) is 1. The Morgan fingerprint density at radius 3 is 2.32 bits per heavy atom. The molecular weight excluding hydrogens is 284 g/mol. The van der Waals surface area contributed by atoms with E-state index in [2.05, 4.69) is 0 Å². The normalized spacial score (nSPS) is 18.5. The third-order valence-corrected chi connectivity index (χ3v) is 3.27.